The van der Waals surface area contributed by atoms with Crippen molar-refractivity contribution in [2.75, 3.05) is 12.3 Å². The van der Waals surface area contributed by atoms with Gasteiger partial charge in [-0.25, -0.2) is 4.79 Å². The fourth-order valence-corrected chi connectivity index (χ4v) is 5.08. The topological polar surface area (TPSA) is 75.7 Å². The molecule has 0 bridgehead atoms. The van der Waals surface area contributed by atoms with Crippen LogP contribution >= 0.6 is 11.8 Å². The quantitative estimate of drug-likeness (QED) is 0.806. The highest BCUT2D eigenvalue weighted by atomic mass is 32.2. The standard InChI is InChI=1S/C18H22N2O4S/c1-3-19-16(22)12(2)24-17(23)14-11-25-18(10-9-15(21)20(14)18)13-7-5-4-6-8-13/h4-8,12,14H,3,9-11H2,1-2H3,(H,19,22)/t12-,14+,18+/m0/s1. The molecule has 2 aliphatic rings. The first-order chi connectivity index (χ1) is 12.0. The van der Waals surface area contributed by atoms with Crippen molar-refractivity contribution >= 4 is 29.5 Å². The van der Waals surface area contributed by atoms with E-state index in [1.165, 1.54) is 0 Å². The van der Waals surface area contributed by atoms with Crippen molar-refractivity contribution < 1.29 is 19.1 Å². The summed E-state index contributed by atoms with van der Waals surface area (Å²) in [6.45, 7) is 3.82. The smallest absolute Gasteiger partial charge is 0.330 e. The average Bonchev–Trinajstić information content (AvgIpc) is 3.15. The van der Waals surface area contributed by atoms with Crippen LogP contribution in [0.3, 0.4) is 0 Å². The van der Waals surface area contributed by atoms with Crippen molar-refractivity contribution in [3.05, 3.63) is 35.9 Å². The highest BCUT2D eigenvalue weighted by Gasteiger charge is 2.57. The third-order valence-corrected chi connectivity index (χ3v) is 6.23. The summed E-state index contributed by atoms with van der Waals surface area (Å²) in [5.74, 6) is -0.411. The lowest BCUT2D eigenvalue weighted by molar-refractivity contribution is -0.161. The van der Waals surface area contributed by atoms with Crippen LogP contribution in [-0.4, -0.2) is 47.1 Å². The molecule has 134 valence electrons. The molecule has 0 aromatic heterocycles. The predicted molar refractivity (Wildman–Crippen MR) is 94.7 cm³/mol. The lowest BCUT2D eigenvalue weighted by Crippen LogP contribution is -2.48. The summed E-state index contributed by atoms with van der Waals surface area (Å²) < 4.78 is 5.33. The summed E-state index contributed by atoms with van der Waals surface area (Å²) in [6.07, 6.45) is 0.218. The van der Waals surface area contributed by atoms with E-state index in [9.17, 15) is 14.4 Å². The van der Waals surface area contributed by atoms with Crippen molar-refractivity contribution in [2.45, 2.75) is 43.7 Å². The van der Waals surface area contributed by atoms with E-state index in [0.717, 1.165) is 5.56 Å². The number of fused-ring (bicyclic) bond motifs is 1. The van der Waals surface area contributed by atoms with Crippen molar-refractivity contribution in [2.24, 2.45) is 0 Å². The maximum absolute atomic E-state index is 12.6. The molecule has 2 amide bonds. The van der Waals surface area contributed by atoms with Gasteiger partial charge in [-0.3, -0.25) is 9.59 Å². The SMILES string of the molecule is CCNC(=O)[C@H](C)OC(=O)[C@H]1CS[C@@]2(c3ccccc3)CCC(=O)N12. The van der Waals surface area contributed by atoms with Gasteiger partial charge in [-0.05, 0) is 25.8 Å². The first-order valence-electron chi connectivity index (χ1n) is 8.49. The molecule has 2 heterocycles. The van der Waals surface area contributed by atoms with E-state index < -0.39 is 23.0 Å². The number of amides is 2. The molecule has 1 N–H and O–H groups in total. The second kappa shape index (κ2) is 7.07. The molecule has 0 radical (unpaired) electrons. The monoisotopic (exact) mass is 362 g/mol. The minimum Gasteiger partial charge on any atom is -0.451 e. The second-order valence-electron chi connectivity index (χ2n) is 6.21. The molecule has 2 aliphatic heterocycles. The van der Waals surface area contributed by atoms with Gasteiger partial charge < -0.3 is 15.0 Å². The Kier molecular flexibility index (Phi) is 5.03. The van der Waals surface area contributed by atoms with Gasteiger partial charge in [0.05, 0.1) is 0 Å². The molecule has 3 atom stereocenters. The van der Waals surface area contributed by atoms with Gasteiger partial charge in [-0.15, -0.1) is 11.8 Å². The summed E-state index contributed by atoms with van der Waals surface area (Å²) in [5.41, 5.74) is 1.03. The van der Waals surface area contributed by atoms with Crippen LogP contribution in [0, 0.1) is 0 Å². The van der Waals surface area contributed by atoms with E-state index in [2.05, 4.69) is 5.32 Å². The zero-order valence-electron chi connectivity index (χ0n) is 14.4. The van der Waals surface area contributed by atoms with Crippen LogP contribution in [0.25, 0.3) is 0 Å². The predicted octanol–water partition coefficient (Wildman–Crippen LogP) is 1.64. The zero-order chi connectivity index (χ0) is 18.0. The largest absolute Gasteiger partial charge is 0.451 e. The number of thioether (sulfide) groups is 1. The third kappa shape index (κ3) is 3.13. The zero-order valence-corrected chi connectivity index (χ0v) is 15.2. The lowest BCUT2D eigenvalue weighted by Gasteiger charge is -2.33. The summed E-state index contributed by atoms with van der Waals surface area (Å²) in [4.78, 5) is 38.1. The van der Waals surface area contributed by atoms with E-state index in [0.29, 0.717) is 25.1 Å². The second-order valence-corrected chi connectivity index (χ2v) is 7.51. The third-order valence-electron chi connectivity index (χ3n) is 4.64. The van der Waals surface area contributed by atoms with Gasteiger partial charge in [0.25, 0.3) is 5.91 Å². The number of hydrogen-bond acceptors (Lipinski definition) is 5. The molecule has 7 heteroatoms. The molecular formula is C18H22N2O4S. The molecule has 2 fully saturated rings. The number of hydrogen-bond donors (Lipinski definition) is 1. The number of carbonyl (C=O) groups is 3. The fourth-order valence-electron chi connectivity index (χ4n) is 3.44. The van der Waals surface area contributed by atoms with E-state index in [-0.39, 0.29) is 11.8 Å². The van der Waals surface area contributed by atoms with Gasteiger partial charge in [-0.1, -0.05) is 30.3 Å². The number of nitrogens with zero attached hydrogens (tertiary/aromatic N) is 1. The average molecular weight is 362 g/mol. The first kappa shape index (κ1) is 17.8. The number of esters is 1. The molecule has 1 aromatic rings. The summed E-state index contributed by atoms with van der Waals surface area (Å²) in [6, 6.07) is 9.13. The number of nitrogens with one attached hydrogen (secondary N) is 1. The number of carbonyl (C=O) groups excluding carboxylic acids is 3. The Bertz CT molecular complexity index is 681. The van der Waals surface area contributed by atoms with E-state index in [1.54, 1.807) is 30.5 Å². The molecule has 0 unspecified atom stereocenters. The minimum absolute atomic E-state index is 0.0403. The van der Waals surface area contributed by atoms with Gasteiger partial charge in [0.2, 0.25) is 5.91 Å². The Morgan fingerprint density at radius 2 is 2.12 bits per heavy atom. The maximum Gasteiger partial charge on any atom is 0.330 e. The van der Waals surface area contributed by atoms with Crippen LogP contribution in [-0.2, 0) is 24.0 Å². The molecule has 25 heavy (non-hydrogen) atoms. The van der Waals surface area contributed by atoms with Crippen molar-refractivity contribution in [3.8, 4) is 0 Å². The number of rotatable bonds is 5. The summed E-state index contributed by atoms with van der Waals surface area (Å²) in [5, 5.41) is 2.63. The van der Waals surface area contributed by atoms with Crippen LogP contribution < -0.4 is 5.32 Å². The van der Waals surface area contributed by atoms with Crippen molar-refractivity contribution in [1.82, 2.24) is 10.2 Å². The van der Waals surface area contributed by atoms with Crippen LogP contribution in [0.2, 0.25) is 0 Å². The minimum atomic E-state index is -0.873. The normalized spacial score (nSPS) is 26.2. The molecule has 6 nitrogen and oxygen atoms in total. The number of benzene rings is 1. The van der Waals surface area contributed by atoms with Crippen LogP contribution in [0.5, 0.6) is 0 Å². The molecule has 0 saturated carbocycles. The molecule has 0 aliphatic carbocycles. The number of likely N-dealkylation sites (N-methyl/N-ethyl adjacent to an activating group) is 1. The van der Waals surface area contributed by atoms with Crippen molar-refractivity contribution in [1.29, 1.82) is 0 Å². The van der Waals surface area contributed by atoms with Gasteiger partial charge >= 0.3 is 5.97 Å². The van der Waals surface area contributed by atoms with E-state index in [4.69, 9.17) is 4.74 Å². The van der Waals surface area contributed by atoms with E-state index in [1.807, 2.05) is 30.3 Å². The molecule has 1 aromatic carbocycles. The van der Waals surface area contributed by atoms with Crippen LogP contribution in [0.4, 0.5) is 0 Å². The lowest BCUT2D eigenvalue weighted by atomic mass is 10.0. The Morgan fingerprint density at radius 3 is 2.80 bits per heavy atom. The molecule has 0 spiro atoms. The highest BCUT2D eigenvalue weighted by molar-refractivity contribution is 8.00. The fraction of sp³-hybridized carbons (Fsp3) is 0.500. The summed E-state index contributed by atoms with van der Waals surface area (Å²) >= 11 is 1.60. The van der Waals surface area contributed by atoms with Gasteiger partial charge in [0, 0.05) is 18.7 Å². The maximum atomic E-state index is 12.6. The Balaban J connectivity index is 1.79. The Morgan fingerprint density at radius 1 is 1.40 bits per heavy atom. The number of ether oxygens (including phenoxy) is 1. The first-order valence-corrected chi connectivity index (χ1v) is 9.48. The van der Waals surface area contributed by atoms with Gasteiger partial charge in [0.15, 0.2) is 6.10 Å². The molecule has 3 rings (SSSR count). The van der Waals surface area contributed by atoms with E-state index >= 15 is 0 Å². The van der Waals surface area contributed by atoms with Crippen LogP contribution in [0.1, 0.15) is 32.3 Å². The van der Waals surface area contributed by atoms with Crippen molar-refractivity contribution in [3.63, 3.8) is 0 Å². The van der Waals surface area contributed by atoms with Crippen LogP contribution in [0.15, 0.2) is 30.3 Å². The Labute approximate surface area is 151 Å². The molecule has 2 saturated heterocycles. The Hall–Kier alpha value is -2.02. The molecular weight excluding hydrogens is 340 g/mol. The van der Waals surface area contributed by atoms with Gasteiger partial charge in [0.1, 0.15) is 10.9 Å². The van der Waals surface area contributed by atoms with Gasteiger partial charge in [-0.2, -0.15) is 0 Å². The summed E-state index contributed by atoms with van der Waals surface area (Å²) in [7, 11) is 0. The highest BCUT2D eigenvalue weighted by Crippen LogP contribution is 2.54.